The van der Waals surface area contributed by atoms with Gasteiger partial charge in [0.25, 0.3) is 0 Å². The van der Waals surface area contributed by atoms with Gasteiger partial charge in [0, 0.05) is 23.5 Å². The first kappa shape index (κ1) is 33.7. The molecule has 0 amide bonds. The molecule has 9 nitrogen and oxygen atoms in total. The summed E-state index contributed by atoms with van der Waals surface area (Å²) in [6.07, 6.45) is 3.89. The van der Waals surface area contributed by atoms with Crippen LogP contribution in [0.4, 0.5) is 0 Å². The van der Waals surface area contributed by atoms with E-state index in [0.29, 0.717) is 46.7 Å². The zero-order chi connectivity index (χ0) is 32.5. The Morgan fingerprint density at radius 3 is 2.38 bits per heavy atom. The number of rotatable bonds is 11. The van der Waals surface area contributed by atoms with Crippen molar-refractivity contribution in [3.05, 3.63) is 106 Å². The van der Waals surface area contributed by atoms with Crippen molar-refractivity contribution in [2.24, 2.45) is 5.92 Å². The molecule has 0 spiro atoms. The van der Waals surface area contributed by atoms with Gasteiger partial charge in [-0.25, -0.2) is 4.79 Å². The van der Waals surface area contributed by atoms with Crippen LogP contribution in [0.2, 0.25) is 0 Å². The molecule has 1 aliphatic heterocycles. The van der Waals surface area contributed by atoms with E-state index in [1.54, 1.807) is 12.1 Å². The van der Waals surface area contributed by atoms with Crippen molar-refractivity contribution in [3.8, 4) is 34.5 Å². The molecular formula is C38H37NaO9. The first-order valence-corrected chi connectivity index (χ1v) is 16.0. The van der Waals surface area contributed by atoms with Gasteiger partial charge in [0.2, 0.25) is 6.79 Å². The molecule has 0 radical (unpaired) electrons. The van der Waals surface area contributed by atoms with Crippen molar-refractivity contribution in [1.82, 2.24) is 0 Å². The van der Waals surface area contributed by atoms with Crippen LogP contribution in [0, 0.1) is 5.92 Å². The van der Waals surface area contributed by atoms with E-state index in [1.807, 2.05) is 67.6 Å². The molecular weight excluding hydrogens is 623 g/mol. The van der Waals surface area contributed by atoms with Gasteiger partial charge < -0.3 is 33.5 Å². The summed E-state index contributed by atoms with van der Waals surface area (Å²) in [6, 6.07) is 22.8. The number of methoxy groups -OCH3 is 1. The summed E-state index contributed by atoms with van der Waals surface area (Å²) >= 11 is 0. The molecule has 0 saturated heterocycles. The summed E-state index contributed by atoms with van der Waals surface area (Å²) in [5.41, 5.74) is 5.77. The summed E-state index contributed by atoms with van der Waals surface area (Å²) in [7, 11) is 1.53. The van der Waals surface area contributed by atoms with E-state index in [9.17, 15) is 14.7 Å². The van der Waals surface area contributed by atoms with Crippen molar-refractivity contribution in [2.75, 3.05) is 27.1 Å². The number of hydrogen-bond donors (Lipinski definition) is 1. The standard InChI is InChI=1S/C38H36O9.Na.H/c1-3-15-43-26-11-12-28-30(18-26)36(29-13-10-25(42-2)19-32(29)44-20-34(39)40)37(35(28)24-8-14-31-33(17-24)46-21-45-31)38(41)47-27-9-7-22-5-4-6-23(22)16-27;;/h7-14,16-19,35-37H,3-6,15,20-21H2,1-2H3,(H,39,40);;/t35-,36+,37+;;/m0../s1. The van der Waals surface area contributed by atoms with Crippen molar-refractivity contribution in [2.45, 2.75) is 44.4 Å². The van der Waals surface area contributed by atoms with E-state index < -0.39 is 36.3 Å². The Bertz CT molecular complexity index is 1840. The normalized spacial score (nSPS) is 18.3. The molecule has 1 N–H and O–H groups in total. The Balaban J connectivity index is 0.00000401. The Kier molecular flexibility index (Phi) is 10.2. The molecule has 2 aliphatic carbocycles. The zero-order valence-corrected chi connectivity index (χ0v) is 26.3. The summed E-state index contributed by atoms with van der Waals surface area (Å²) in [5.74, 6) is -0.0904. The predicted octanol–water partition coefficient (Wildman–Crippen LogP) is 6.02. The van der Waals surface area contributed by atoms with Gasteiger partial charge in [-0.3, -0.25) is 4.79 Å². The van der Waals surface area contributed by atoms with E-state index in [-0.39, 0.29) is 36.4 Å². The summed E-state index contributed by atoms with van der Waals surface area (Å²) in [6.45, 7) is 2.14. The predicted molar refractivity (Wildman–Crippen MR) is 179 cm³/mol. The van der Waals surface area contributed by atoms with Crippen LogP contribution in [0.1, 0.15) is 65.0 Å². The van der Waals surface area contributed by atoms with Gasteiger partial charge >= 0.3 is 41.5 Å². The van der Waals surface area contributed by atoms with Gasteiger partial charge in [-0.05, 0) is 96.0 Å². The molecule has 244 valence electrons. The second-order valence-electron chi connectivity index (χ2n) is 12.0. The minimum absolute atomic E-state index is 0. The Labute approximate surface area is 301 Å². The van der Waals surface area contributed by atoms with E-state index in [1.165, 1.54) is 18.2 Å². The molecule has 0 aromatic heterocycles. The maximum atomic E-state index is 14.7. The quantitative estimate of drug-likeness (QED) is 0.117. The molecule has 1 heterocycles. The Hall–Kier alpha value is -4.18. The van der Waals surface area contributed by atoms with Crippen LogP contribution in [0.15, 0.2) is 72.8 Å². The number of aliphatic carboxylic acids is 1. The first-order chi connectivity index (χ1) is 22.9. The summed E-state index contributed by atoms with van der Waals surface area (Å²) < 4.78 is 35.0. The fourth-order valence-electron chi connectivity index (χ4n) is 7.08. The minimum atomic E-state index is -1.12. The van der Waals surface area contributed by atoms with Crippen LogP contribution < -0.4 is 28.4 Å². The molecule has 10 heteroatoms. The maximum absolute atomic E-state index is 14.7. The second kappa shape index (κ2) is 14.5. The third-order valence-corrected chi connectivity index (χ3v) is 9.14. The molecule has 7 rings (SSSR count). The second-order valence-corrected chi connectivity index (χ2v) is 12.0. The molecule has 0 saturated carbocycles. The van der Waals surface area contributed by atoms with Crippen molar-refractivity contribution in [1.29, 1.82) is 0 Å². The molecule has 0 unspecified atom stereocenters. The van der Waals surface area contributed by atoms with Gasteiger partial charge in [0.1, 0.15) is 23.0 Å². The Morgan fingerprint density at radius 1 is 0.792 bits per heavy atom. The monoisotopic (exact) mass is 660 g/mol. The molecule has 48 heavy (non-hydrogen) atoms. The zero-order valence-electron chi connectivity index (χ0n) is 26.3. The van der Waals surface area contributed by atoms with Gasteiger partial charge in [0.15, 0.2) is 18.1 Å². The molecule has 3 aliphatic rings. The van der Waals surface area contributed by atoms with E-state index >= 15 is 0 Å². The number of benzene rings is 4. The summed E-state index contributed by atoms with van der Waals surface area (Å²) in [5, 5.41) is 9.50. The molecule has 3 atom stereocenters. The van der Waals surface area contributed by atoms with Gasteiger partial charge in [-0.2, -0.15) is 0 Å². The number of carbonyl (C=O) groups excluding carboxylic acids is 1. The number of carboxylic acids is 1. The van der Waals surface area contributed by atoms with Crippen LogP contribution in [-0.4, -0.2) is 73.7 Å². The molecule has 4 aromatic rings. The fourth-order valence-corrected chi connectivity index (χ4v) is 7.08. The van der Waals surface area contributed by atoms with E-state index in [2.05, 4.69) is 0 Å². The topological polar surface area (TPSA) is 110 Å². The van der Waals surface area contributed by atoms with Crippen LogP contribution >= 0.6 is 0 Å². The number of aryl methyl sites for hydroxylation is 2. The van der Waals surface area contributed by atoms with Gasteiger partial charge in [0.05, 0.1) is 19.6 Å². The number of carbonyl (C=O) groups is 2. The fraction of sp³-hybridized carbons (Fsp3) is 0.316. The Morgan fingerprint density at radius 2 is 1.56 bits per heavy atom. The van der Waals surface area contributed by atoms with Gasteiger partial charge in [-0.15, -0.1) is 0 Å². The van der Waals surface area contributed by atoms with Crippen LogP contribution in [0.3, 0.4) is 0 Å². The van der Waals surface area contributed by atoms with Crippen molar-refractivity contribution < 1.29 is 43.1 Å². The number of carboxylic acid groups (broad SMARTS) is 1. The average Bonchev–Trinajstić information content (AvgIpc) is 3.83. The van der Waals surface area contributed by atoms with Crippen molar-refractivity contribution >= 4 is 41.5 Å². The van der Waals surface area contributed by atoms with E-state index in [0.717, 1.165) is 42.4 Å². The first-order valence-electron chi connectivity index (χ1n) is 16.0. The van der Waals surface area contributed by atoms with Crippen LogP contribution in [0.5, 0.6) is 34.5 Å². The number of ether oxygens (including phenoxy) is 6. The third kappa shape index (κ3) is 6.59. The molecule has 0 bridgehead atoms. The molecule has 0 fully saturated rings. The number of esters is 1. The van der Waals surface area contributed by atoms with E-state index in [4.69, 9.17) is 28.4 Å². The van der Waals surface area contributed by atoms with Gasteiger partial charge in [-0.1, -0.05) is 31.2 Å². The van der Waals surface area contributed by atoms with Crippen LogP contribution in [0.25, 0.3) is 0 Å². The van der Waals surface area contributed by atoms with Crippen LogP contribution in [-0.2, 0) is 22.4 Å². The SMILES string of the molecule is CCCOc1ccc2c(c1)[C@@H](c1ccc(OC)cc1OCC(=O)O)[C@H](C(=O)Oc1ccc3c(c1)CCC3)[C@H]2c1ccc2c(c1)OCO2.[NaH]. The summed E-state index contributed by atoms with van der Waals surface area (Å²) in [4.78, 5) is 26.3. The number of fused-ring (bicyclic) bond motifs is 3. The van der Waals surface area contributed by atoms with Crippen molar-refractivity contribution in [3.63, 3.8) is 0 Å². The third-order valence-electron chi connectivity index (χ3n) is 9.14. The number of hydrogen-bond acceptors (Lipinski definition) is 8. The molecule has 4 aromatic carbocycles. The average molecular weight is 661 g/mol.